The van der Waals surface area contributed by atoms with Crippen LogP contribution in [0.5, 0.6) is 5.75 Å². The van der Waals surface area contributed by atoms with E-state index in [1.807, 2.05) is 24.5 Å². The first kappa shape index (κ1) is 15.7. The van der Waals surface area contributed by atoms with Gasteiger partial charge < -0.3 is 14.8 Å². The largest absolute Gasteiger partial charge is 0.470 e. The normalized spacial score (nSPS) is 15.5. The van der Waals surface area contributed by atoms with Crippen molar-refractivity contribution < 1.29 is 14.3 Å². The molecule has 1 aromatic carbocycles. The number of fused-ring (bicyclic) bond motifs is 1. The Labute approximate surface area is 138 Å². The lowest BCUT2D eigenvalue weighted by Gasteiger charge is -2.28. The number of nitrogens with one attached hydrogen (secondary N) is 1. The molecule has 3 rings (SSSR count). The standard InChI is InChI=1S/C17H16N2O3S/c1-3-11-6-12-7-14(4-5-15(12)18-8-11)22-17(23-2)16(20)19-13-9-21-10-13/h1,4-8,13,17H,9-10H2,2H3,(H,19,20). The number of carbonyl (C=O) groups is 1. The Kier molecular flexibility index (Phi) is 4.70. The van der Waals surface area contributed by atoms with Crippen LogP contribution in [0.25, 0.3) is 10.9 Å². The molecule has 1 amide bonds. The molecule has 0 spiro atoms. The summed E-state index contributed by atoms with van der Waals surface area (Å²) in [6, 6.07) is 7.44. The van der Waals surface area contributed by atoms with Crippen LogP contribution in [0.3, 0.4) is 0 Å². The molecule has 0 aliphatic carbocycles. The molecule has 1 unspecified atom stereocenters. The van der Waals surface area contributed by atoms with E-state index in [0.717, 1.165) is 10.9 Å². The number of pyridine rings is 1. The zero-order valence-corrected chi connectivity index (χ0v) is 13.4. The second kappa shape index (κ2) is 6.90. The highest BCUT2D eigenvalue weighted by atomic mass is 32.2. The number of rotatable bonds is 5. The maximum absolute atomic E-state index is 12.2. The van der Waals surface area contributed by atoms with E-state index in [1.54, 1.807) is 12.3 Å². The van der Waals surface area contributed by atoms with Crippen LogP contribution in [0, 0.1) is 12.3 Å². The van der Waals surface area contributed by atoms with Gasteiger partial charge in [0.15, 0.2) is 0 Å². The zero-order valence-electron chi connectivity index (χ0n) is 12.6. The minimum atomic E-state index is -0.614. The van der Waals surface area contributed by atoms with Crippen LogP contribution in [0.4, 0.5) is 0 Å². The van der Waals surface area contributed by atoms with Gasteiger partial charge in [-0.25, -0.2) is 0 Å². The highest BCUT2D eigenvalue weighted by Crippen LogP contribution is 2.23. The van der Waals surface area contributed by atoms with Crippen molar-refractivity contribution in [1.82, 2.24) is 10.3 Å². The quantitative estimate of drug-likeness (QED) is 0.670. The van der Waals surface area contributed by atoms with Crippen molar-refractivity contribution in [3.63, 3.8) is 0 Å². The Morgan fingerprint density at radius 2 is 2.35 bits per heavy atom. The van der Waals surface area contributed by atoms with Crippen LogP contribution in [-0.4, -0.2) is 41.8 Å². The predicted octanol–water partition coefficient (Wildman–Crippen LogP) is 1.80. The van der Waals surface area contributed by atoms with E-state index >= 15 is 0 Å². The van der Waals surface area contributed by atoms with Gasteiger partial charge in [0, 0.05) is 17.1 Å². The first-order valence-corrected chi connectivity index (χ1v) is 8.42. The molecule has 23 heavy (non-hydrogen) atoms. The SMILES string of the molecule is C#Cc1cnc2ccc(OC(SC)C(=O)NC3COC3)cc2c1. The number of aromatic nitrogens is 1. The molecule has 1 aromatic heterocycles. The van der Waals surface area contributed by atoms with Crippen molar-refractivity contribution in [2.24, 2.45) is 0 Å². The van der Waals surface area contributed by atoms with Crippen LogP contribution >= 0.6 is 11.8 Å². The van der Waals surface area contributed by atoms with E-state index in [-0.39, 0.29) is 11.9 Å². The van der Waals surface area contributed by atoms with Crippen LogP contribution in [0.1, 0.15) is 5.56 Å². The van der Waals surface area contributed by atoms with Crippen molar-refractivity contribution in [3.05, 3.63) is 36.0 Å². The number of benzene rings is 1. The molecule has 2 aromatic rings. The van der Waals surface area contributed by atoms with Crippen LogP contribution in [-0.2, 0) is 9.53 Å². The zero-order chi connectivity index (χ0) is 16.2. The number of hydrogen-bond acceptors (Lipinski definition) is 5. The second-order valence-electron chi connectivity index (χ2n) is 5.15. The van der Waals surface area contributed by atoms with Crippen molar-refractivity contribution in [1.29, 1.82) is 0 Å². The molecule has 6 heteroatoms. The second-order valence-corrected chi connectivity index (χ2v) is 6.05. The average molecular weight is 328 g/mol. The Morgan fingerprint density at radius 3 is 3.00 bits per heavy atom. The summed E-state index contributed by atoms with van der Waals surface area (Å²) >= 11 is 1.34. The Balaban J connectivity index is 1.75. The third kappa shape index (κ3) is 3.58. The topological polar surface area (TPSA) is 60.5 Å². The fourth-order valence-corrected chi connectivity index (χ4v) is 2.67. The van der Waals surface area contributed by atoms with E-state index < -0.39 is 5.44 Å². The Bertz CT molecular complexity index is 768. The average Bonchev–Trinajstić information content (AvgIpc) is 2.54. The number of terminal acetylenes is 1. The van der Waals surface area contributed by atoms with Crippen LogP contribution in [0.2, 0.25) is 0 Å². The van der Waals surface area contributed by atoms with E-state index in [4.69, 9.17) is 15.9 Å². The summed E-state index contributed by atoms with van der Waals surface area (Å²) in [6.07, 6.45) is 8.89. The molecule has 1 aliphatic heterocycles. The molecule has 118 valence electrons. The van der Waals surface area contributed by atoms with Gasteiger partial charge in [0.25, 0.3) is 5.91 Å². The molecule has 0 radical (unpaired) electrons. The molecule has 1 fully saturated rings. The fraction of sp³-hybridized carbons (Fsp3) is 0.294. The minimum Gasteiger partial charge on any atom is -0.470 e. The molecular formula is C17H16N2O3S. The summed E-state index contributed by atoms with van der Waals surface area (Å²) in [5.74, 6) is 3.01. The molecule has 0 bridgehead atoms. The maximum atomic E-state index is 12.2. The molecule has 1 saturated heterocycles. The molecule has 5 nitrogen and oxygen atoms in total. The first-order valence-electron chi connectivity index (χ1n) is 7.13. The lowest BCUT2D eigenvalue weighted by molar-refractivity contribution is -0.128. The van der Waals surface area contributed by atoms with Gasteiger partial charge in [-0.1, -0.05) is 5.92 Å². The third-order valence-corrected chi connectivity index (χ3v) is 4.21. The third-order valence-electron chi connectivity index (χ3n) is 3.48. The van der Waals surface area contributed by atoms with Crippen LogP contribution in [0.15, 0.2) is 30.5 Å². The van der Waals surface area contributed by atoms with Gasteiger partial charge in [-0.15, -0.1) is 18.2 Å². The highest BCUT2D eigenvalue weighted by Gasteiger charge is 2.26. The van der Waals surface area contributed by atoms with Gasteiger partial charge >= 0.3 is 0 Å². The summed E-state index contributed by atoms with van der Waals surface area (Å²) < 4.78 is 10.9. The van der Waals surface area contributed by atoms with Gasteiger partial charge in [0.05, 0.1) is 24.8 Å². The van der Waals surface area contributed by atoms with Crippen molar-refractivity contribution in [2.45, 2.75) is 11.5 Å². The number of thioether (sulfide) groups is 1. The number of nitrogens with zero attached hydrogens (tertiary/aromatic N) is 1. The predicted molar refractivity (Wildman–Crippen MR) is 90.4 cm³/mol. The maximum Gasteiger partial charge on any atom is 0.272 e. The molecule has 1 atom stereocenters. The summed E-state index contributed by atoms with van der Waals surface area (Å²) in [6.45, 7) is 1.12. The lowest BCUT2D eigenvalue weighted by atomic mass is 10.1. The number of hydrogen-bond donors (Lipinski definition) is 1. The van der Waals surface area contributed by atoms with Crippen molar-refractivity contribution in [2.75, 3.05) is 19.5 Å². The lowest BCUT2D eigenvalue weighted by Crippen LogP contribution is -2.51. The summed E-state index contributed by atoms with van der Waals surface area (Å²) in [7, 11) is 0. The number of carbonyl (C=O) groups excluding carboxylic acids is 1. The number of ether oxygens (including phenoxy) is 2. The van der Waals surface area contributed by atoms with Gasteiger partial charge in [-0.05, 0) is 30.5 Å². The number of amides is 1. The van der Waals surface area contributed by atoms with Gasteiger partial charge in [0.1, 0.15) is 5.75 Å². The molecule has 1 N–H and O–H groups in total. The van der Waals surface area contributed by atoms with Gasteiger partial charge in [0.2, 0.25) is 5.44 Å². The molecule has 2 heterocycles. The summed E-state index contributed by atoms with van der Waals surface area (Å²) in [4.78, 5) is 16.5. The first-order chi connectivity index (χ1) is 11.2. The summed E-state index contributed by atoms with van der Waals surface area (Å²) in [5, 5.41) is 3.77. The van der Waals surface area contributed by atoms with Crippen molar-refractivity contribution in [3.8, 4) is 18.1 Å². The van der Waals surface area contributed by atoms with E-state index in [9.17, 15) is 4.79 Å². The Morgan fingerprint density at radius 1 is 1.52 bits per heavy atom. The molecule has 1 aliphatic rings. The minimum absolute atomic E-state index is 0.0831. The van der Waals surface area contributed by atoms with E-state index in [1.165, 1.54) is 11.8 Å². The highest BCUT2D eigenvalue weighted by molar-refractivity contribution is 7.99. The van der Waals surface area contributed by atoms with E-state index in [0.29, 0.717) is 24.5 Å². The van der Waals surface area contributed by atoms with E-state index in [2.05, 4.69) is 16.2 Å². The summed E-state index contributed by atoms with van der Waals surface area (Å²) in [5.41, 5.74) is 0.920. The van der Waals surface area contributed by atoms with Crippen molar-refractivity contribution >= 4 is 28.6 Å². The smallest absolute Gasteiger partial charge is 0.272 e. The molecule has 0 saturated carbocycles. The fourth-order valence-electron chi connectivity index (χ4n) is 2.18. The monoisotopic (exact) mass is 328 g/mol. The van der Waals surface area contributed by atoms with Gasteiger partial charge in [-0.3, -0.25) is 9.78 Å². The van der Waals surface area contributed by atoms with Gasteiger partial charge in [-0.2, -0.15) is 0 Å². The Hall–Kier alpha value is -2.23. The van der Waals surface area contributed by atoms with Crippen LogP contribution < -0.4 is 10.1 Å². The molecular weight excluding hydrogens is 312 g/mol.